The molecular formula is C12H18N2OS2. The van der Waals surface area contributed by atoms with E-state index in [1.165, 1.54) is 0 Å². The second-order valence-corrected chi connectivity index (χ2v) is 7.04. The first-order valence-electron chi connectivity index (χ1n) is 6.04. The van der Waals surface area contributed by atoms with Crippen molar-refractivity contribution in [2.75, 3.05) is 30.9 Å². The van der Waals surface area contributed by atoms with Gasteiger partial charge in [0.15, 0.2) is 0 Å². The summed E-state index contributed by atoms with van der Waals surface area (Å²) in [4.78, 5) is 14.2. The van der Waals surface area contributed by atoms with Gasteiger partial charge in [-0.2, -0.15) is 17.0 Å². The van der Waals surface area contributed by atoms with Gasteiger partial charge in [-0.25, -0.2) is 0 Å². The van der Waals surface area contributed by atoms with E-state index in [1.54, 1.807) is 11.8 Å². The average molecular weight is 270 g/mol. The number of amides is 1. The van der Waals surface area contributed by atoms with E-state index in [2.05, 4.69) is 6.07 Å². The van der Waals surface area contributed by atoms with Crippen LogP contribution in [-0.4, -0.2) is 46.4 Å². The topological polar surface area (TPSA) is 44.1 Å². The highest BCUT2D eigenvalue weighted by Crippen LogP contribution is 2.35. The van der Waals surface area contributed by atoms with Gasteiger partial charge in [-0.1, -0.05) is 0 Å². The minimum atomic E-state index is -0.249. The summed E-state index contributed by atoms with van der Waals surface area (Å²) in [5.41, 5.74) is 0. The van der Waals surface area contributed by atoms with E-state index >= 15 is 0 Å². The van der Waals surface area contributed by atoms with E-state index in [1.807, 2.05) is 22.9 Å². The van der Waals surface area contributed by atoms with E-state index in [4.69, 9.17) is 0 Å². The smallest absolute Gasteiger partial charge is 0.226 e. The molecule has 0 spiro atoms. The molecule has 0 aliphatic carbocycles. The van der Waals surface area contributed by atoms with Crippen LogP contribution in [0.3, 0.4) is 0 Å². The van der Waals surface area contributed by atoms with Crippen LogP contribution < -0.4 is 0 Å². The lowest BCUT2D eigenvalue weighted by molar-refractivity contribution is -0.135. The summed E-state index contributed by atoms with van der Waals surface area (Å²) in [6.45, 7) is 1.52. The van der Waals surface area contributed by atoms with Crippen molar-refractivity contribution in [3.63, 3.8) is 0 Å². The number of carbonyl (C=O) groups is 1. The monoisotopic (exact) mass is 270 g/mol. The molecule has 2 rings (SSSR count). The third-order valence-corrected chi connectivity index (χ3v) is 6.20. The van der Waals surface area contributed by atoms with E-state index < -0.39 is 0 Å². The van der Waals surface area contributed by atoms with E-state index in [-0.39, 0.29) is 10.7 Å². The third kappa shape index (κ3) is 2.74. The quantitative estimate of drug-likeness (QED) is 0.769. The summed E-state index contributed by atoms with van der Waals surface area (Å²) in [5, 5.41) is 9.20. The maximum absolute atomic E-state index is 12.2. The minimum absolute atomic E-state index is 0.240. The SMILES string of the molecule is CSC1(C#N)CCN(C(=O)C2CCSC2)CC1. The minimum Gasteiger partial charge on any atom is -0.342 e. The van der Waals surface area contributed by atoms with E-state index in [0.717, 1.165) is 43.9 Å². The number of nitrogens with zero attached hydrogens (tertiary/aromatic N) is 2. The normalized spacial score (nSPS) is 27.8. The fourth-order valence-corrected chi connectivity index (χ4v) is 4.33. The Bertz CT molecular complexity index is 326. The second kappa shape index (κ2) is 5.53. The van der Waals surface area contributed by atoms with Crippen LogP contribution in [0.5, 0.6) is 0 Å². The lowest BCUT2D eigenvalue weighted by Crippen LogP contribution is -2.46. The van der Waals surface area contributed by atoms with Crippen molar-refractivity contribution in [1.29, 1.82) is 5.26 Å². The summed E-state index contributed by atoms with van der Waals surface area (Å²) in [6.07, 6.45) is 4.66. The zero-order valence-electron chi connectivity index (χ0n) is 10.1. The fraction of sp³-hybridized carbons (Fsp3) is 0.833. The van der Waals surface area contributed by atoms with Gasteiger partial charge in [0.05, 0.1) is 6.07 Å². The lowest BCUT2D eigenvalue weighted by atomic mass is 9.96. The lowest BCUT2D eigenvalue weighted by Gasteiger charge is -2.37. The van der Waals surface area contributed by atoms with Crippen LogP contribution in [0.4, 0.5) is 0 Å². The first kappa shape index (κ1) is 13.1. The van der Waals surface area contributed by atoms with Crippen molar-refractivity contribution >= 4 is 29.4 Å². The van der Waals surface area contributed by atoms with Gasteiger partial charge in [-0.05, 0) is 31.3 Å². The third-order valence-electron chi connectivity index (χ3n) is 3.76. The number of piperidine rings is 1. The number of hydrogen-bond acceptors (Lipinski definition) is 4. The molecule has 2 aliphatic heterocycles. The summed E-state index contributed by atoms with van der Waals surface area (Å²) >= 11 is 3.52. The zero-order chi connectivity index (χ0) is 12.3. The van der Waals surface area contributed by atoms with Gasteiger partial charge in [0.2, 0.25) is 5.91 Å². The van der Waals surface area contributed by atoms with Gasteiger partial charge < -0.3 is 4.90 Å². The Morgan fingerprint density at radius 1 is 1.53 bits per heavy atom. The number of rotatable bonds is 2. The highest BCUT2D eigenvalue weighted by molar-refractivity contribution is 8.00. The molecule has 2 saturated heterocycles. The Balaban J connectivity index is 1.90. The maximum Gasteiger partial charge on any atom is 0.226 e. The number of carbonyl (C=O) groups excluding carboxylic acids is 1. The van der Waals surface area contributed by atoms with Crippen molar-refractivity contribution in [3.05, 3.63) is 0 Å². The predicted molar refractivity (Wildman–Crippen MR) is 73.1 cm³/mol. The second-order valence-electron chi connectivity index (χ2n) is 4.70. The Morgan fingerprint density at radius 2 is 2.24 bits per heavy atom. The number of thioether (sulfide) groups is 2. The molecule has 1 amide bonds. The molecule has 0 aromatic carbocycles. The Hall–Kier alpha value is -0.340. The molecule has 3 nitrogen and oxygen atoms in total. The van der Waals surface area contributed by atoms with Crippen molar-refractivity contribution in [3.8, 4) is 6.07 Å². The van der Waals surface area contributed by atoms with Gasteiger partial charge in [-0.3, -0.25) is 4.79 Å². The predicted octanol–water partition coefficient (Wildman–Crippen LogP) is 1.99. The molecule has 0 aromatic heterocycles. The van der Waals surface area contributed by atoms with Crippen LogP contribution >= 0.6 is 23.5 Å². The highest BCUT2D eigenvalue weighted by atomic mass is 32.2. The summed E-state index contributed by atoms with van der Waals surface area (Å²) in [5.74, 6) is 2.67. The first-order chi connectivity index (χ1) is 8.21. The molecule has 2 fully saturated rings. The van der Waals surface area contributed by atoms with Gasteiger partial charge >= 0.3 is 0 Å². The molecule has 0 radical (unpaired) electrons. The van der Waals surface area contributed by atoms with Crippen molar-refractivity contribution < 1.29 is 4.79 Å². The molecule has 0 N–H and O–H groups in total. The summed E-state index contributed by atoms with van der Waals surface area (Å²) < 4.78 is -0.249. The molecule has 2 aliphatic rings. The zero-order valence-corrected chi connectivity index (χ0v) is 11.8. The number of likely N-dealkylation sites (tertiary alicyclic amines) is 1. The summed E-state index contributed by atoms with van der Waals surface area (Å²) in [6, 6.07) is 2.42. The number of nitriles is 1. The highest BCUT2D eigenvalue weighted by Gasteiger charge is 2.37. The molecule has 0 saturated carbocycles. The van der Waals surface area contributed by atoms with Crippen LogP contribution in [0.1, 0.15) is 19.3 Å². The first-order valence-corrected chi connectivity index (χ1v) is 8.42. The van der Waals surface area contributed by atoms with Crippen LogP contribution in [0, 0.1) is 17.2 Å². The van der Waals surface area contributed by atoms with Crippen LogP contribution in [-0.2, 0) is 4.79 Å². The Kier molecular flexibility index (Phi) is 4.26. The number of hydrogen-bond donors (Lipinski definition) is 0. The molecule has 1 atom stereocenters. The standard InChI is InChI=1S/C12H18N2OS2/c1-16-12(9-13)3-5-14(6-4-12)11(15)10-2-7-17-8-10/h10H,2-8H2,1H3. The van der Waals surface area contributed by atoms with Crippen molar-refractivity contribution in [2.45, 2.75) is 24.0 Å². The molecule has 1 unspecified atom stereocenters. The maximum atomic E-state index is 12.2. The molecular weight excluding hydrogens is 252 g/mol. The molecule has 17 heavy (non-hydrogen) atoms. The van der Waals surface area contributed by atoms with E-state index in [0.29, 0.717) is 5.91 Å². The molecule has 94 valence electrons. The summed E-state index contributed by atoms with van der Waals surface area (Å²) in [7, 11) is 0. The van der Waals surface area contributed by atoms with Crippen LogP contribution in [0.25, 0.3) is 0 Å². The van der Waals surface area contributed by atoms with Crippen LogP contribution in [0.2, 0.25) is 0 Å². The molecule has 5 heteroatoms. The van der Waals surface area contributed by atoms with Crippen LogP contribution in [0.15, 0.2) is 0 Å². The van der Waals surface area contributed by atoms with E-state index in [9.17, 15) is 10.1 Å². The van der Waals surface area contributed by atoms with Gasteiger partial charge in [0, 0.05) is 24.8 Å². The van der Waals surface area contributed by atoms with Gasteiger partial charge in [0.25, 0.3) is 0 Å². The molecule has 0 aromatic rings. The average Bonchev–Trinajstić information content (AvgIpc) is 2.92. The fourth-order valence-electron chi connectivity index (χ4n) is 2.44. The Labute approximate surface area is 111 Å². The van der Waals surface area contributed by atoms with Gasteiger partial charge in [0.1, 0.15) is 4.75 Å². The van der Waals surface area contributed by atoms with Crippen molar-refractivity contribution in [2.24, 2.45) is 5.92 Å². The largest absolute Gasteiger partial charge is 0.342 e. The van der Waals surface area contributed by atoms with Crippen molar-refractivity contribution in [1.82, 2.24) is 4.90 Å². The molecule has 2 heterocycles. The molecule has 0 bridgehead atoms. The Morgan fingerprint density at radius 3 is 2.71 bits per heavy atom. The van der Waals surface area contributed by atoms with Gasteiger partial charge in [-0.15, -0.1) is 11.8 Å².